The van der Waals surface area contributed by atoms with Crippen LogP contribution in [-0.4, -0.2) is 0 Å². The van der Waals surface area contributed by atoms with Gasteiger partial charge in [-0.1, -0.05) is 69.5 Å². The SMILES string of the molecule is CC.Cc1cc(CBr)cc(CBr)c1. The van der Waals surface area contributed by atoms with Crippen molar-refractivity contribution in [2.75, 3.05) is 0 Å². The molecule has 0 aliphatic heterocycles. The van der Waals surface area contributed by atoms with Crippen LogP contribution in [0.25, 0.3) is 0 Å². The lowest BCUT2D eigenvalue weighted by Gasteiger charge is -2.01. The van der Waals surface area contributed by atoms with Gasteiger partial charge in [-0.15, -0.1) is 0 Å². The number of hydrogen-bond acceptors (Lipinski definition) is 0. The number of hydrogen-bond donors (Lipinski definition) is 0. The molecule has 0 heterocycles. The van der Waals surface area contributed by atoms with Crippen molar-refractivity contribution in [3.05, 3.63) is 34.9 Å². The van der Waals surface area contributed by atoms with Crippen molar-refractivity contribution in [1.82, 2.24) is 0 Å². The Hall–Kier alpha value is 0.180. The molecular formula is C11H16Br2. The molecule has 0 amide bonds. The van der Waals surface area contributed by atoms with Crippen molar-refractivity contribution in [1.29, 1.82) is 0 Å². The molecule has 74 valence electrons. The van der Waals surface area contributed by atoms with Crippen LogP contribution in [0.15, 0.2) is 18.2 Å². The highest BCUT2D eigenvalue weighted by molar-refractivity contribution is 9.08. The second kappa shape index (κ2) is 7.57. The Bertz CT molecular complexity index is 222. The topological polar surface area (TPSA) is 0 Å². The van der Waals surface area contributed by atoms with Crippen molar-refractivity contribution in [2.45, 2.75) is 31.4 Å². The molecule has 0 N–H and O–H groups in total. The average Bonchev–Trinajstić information content (AvgIpc) is 2.20. The van der Waals surface area contributed by atoms with Crippen LogP contribution in [0.4, 0.5) is 0 Å². The van der Waals surface area contributed by atoms with Crippen LogP contribution in [0.5, 0.6) is 0 Å². The average molecular weight is 308 g/mol. The fourth-order valence-electron chi connectivity index (χ4n) is 1.10. The van der Waals surface area contributed by atoms with E-state index in [0.29, 0.717) is 0 Å². The molecule has 0 aromatic heterocycles. The first kappa shape index (κ1) is 13.2. The summed E-state index contributed by atoms with van der Waals surface area (Å²) in [7, 11) is 0. The fraction of sp³-hybridized carbons (Fsp3) is 0.455. The van der Waals surface area contributed by atoms with Gasteiger partial charge in [-0.25, -0.2) is 0 Å². The highest BCUT2D eigenvalue weighted by Gasteiger charge is 1.95. The molecule has 0 aliphatic carbocycles. The largest absolute Gasteiger partial charge is 0.0876 e. The van der Waals surface area contributed by atoms with Crippen molar-refractivity contribution < 1.29 is 0 Å². The lowest BCUT2D eigenvalue weighted by atomic mass is 10.1. The summed E-state index contributed by atoms with van der Waals surface area (Å²) in [5, 5.41) is 1.88. The monoisotopic (exact) mass is 306 g/mol. The van der Waals surface area contributed by atoms with E-state index in [1.54, 1.807) is 0 Å². The summed E-state index contributed by atoms with van der Waals surface area (Å²) >= 11 is 6.88. The van der Waals surface area contributed by atoms with Gasteiger partial charge >= 0.3 is 0 Å². The van der Waals surface area contributed by atoms with Crippen LogP contribution in [-0.2, 0) is 10.7 Å². The zero-order valence-corrected chi connectivity index (χ0v) is 11.6. The standard InChI is InChI=1S/C9H10Br2.C2H6/c1-7-2-8(5-10)4-9(3-7)6-11;1-2/h2-4H,5-6H2,1H3;1-2H3. The molecule has 0 radical (unpaired) electrons. The molecule has 0 spiro atoms. The molecule has 0 saturated carbocycles. The van der Waals surface area contributed by atoms with E-state index in [4.69, 9.17) is 0 Å². The van der Waals surface area contributed by atoms with E-state index in [1.807, 2.05) is 13.8 Å². The molecule has 1 aromatic carbocycles. The minimum Gasteiger partial charge on any atom is -0.0876 e. The molecule has 13 heavy (non-hydrogen) atoms. The van der Waals surface area contributed by atoms with Crippen molar-refractivity contribution in [2.24, 2.45) is 0 Å². The van der Waals surface area contributed by atoms with Gasteiger partial charge in [0, 0.05) is 10.7 Å². The summed E-state index contributed by atoms with van der Waals surface area (Å²) < 4.78 is 0. The number of benzene rings is 1. The Kier molecular flexibility index (Phi) is 7.68. The number of aryl methyl sites for hydroxylation is 1. The molecule has 2 heteroatoms. The minimum absolute atomic E-state index is 0.939. The second-order valence-corrected chi connectivity index (χ2v) is 3.72. The predicted molar refractivity (Wildman–Crippen MR) is 67.8 cm³/mol. The number of alkyl halides is 2. The van der Waals surface area contributed by atoms with Gasteiger partial charge in [0.25, 0.3) is 0 Å². The summed E-state index contributed by atoms with van der Waals surface area (Å²) in [5.41, 5.74) is 4.02. The van der Waals surface area contributed by atoms with E-state index in [-0.39, 0.29) is 0 Å². The lowest BCUT2D eigenvalue weighted by Crippen LogP contribution is -1.84. The minimum atomic E-state index is 0.939. The molecular weight excluding hydrogens is 292 g/mol. The van der Waals surface area contributed by atoms with E-state index in [2.05, 4.69) is 57.0 Å². The molecule has 0 nitrogen and oxygen atoms in total. The van der Waals surface area contributed by atoms with E-state index in [0.717, 1.165) is 10.7 Å². The normalized spacial score (nSPS) is 9.00. The first-order valence-corrected chi connectivity index (χ1v) is 6.72. The van der Waals surface area contributed by atoms with Crippen LogP contribution in [0.2, 0.25) is 0 Å². The highest BCUT2D eigenvalue weighted by Crippen LogP contribution is 2.14. The van der Waals surface area contributed by atoms with Gasteiger partial charge in [0.15, 0.2) is 0 Å². The Labute approximate surface area is 98.0 Å². The molecule has 0 unspecified atom stereocenters. The third-order valence-electron chi connectivity index (χ3n) is 1.51. The van der Waals surface area contributed by atoms with Gasteiger partial charge in [-0.2, -0.15) is 0 Å². The smallest absolute Gasteiger partial charge is 0.0283 e. The molecule has 0 bridgehead atoms. The Balaban J connectivity index is 0.000000671. The Morgan fingerprint density at radius 2 is 1.31 bits per heavy atom. The van der Waals surface area contributed by atoms with E-state index < -0.39 is 0 Å². The highest BCUT2D eigenvalue weighted by atomic mass is 79.9. The first-order valence-electron chi connectivity index (χ1n) is 4.47. The molecule has 1 rings (SSSR count). The van der Waals surface area contributed by atoms with Crippen LogP contribution >= 0.6 is 31.9 Å². The van der Waals surface area contributed by atoms with Crippen LogP contribution < -0.4 is 0 Å². The maximum Gasteiger partial charge on any atom is 0.0283 e. The summed E-state index contributed by atoms with van der Waals surface area (Å²) in [6.45, 7) is 6.12. The number of halogens is 2. The zero-order valence-electron chi connectivity index (χ0n) is 8.40. The maximum absolute atomic E-state index is 3.44. The van der Waals surface area contributed by atoms with Crippen LogP contribution in [0.1, 0.15) is 30.5 Å². The van der Waals surface area contributed by atoms with Gasteiger partial charge in [0.2, 0.25) is 0 Å². The summed E-state index contributed by atoms with van der Waals surface area (Å²) in [5.74, 6) is 0. The van der Waals surface area contributed by atoms with Gasteiger partial charge in [0.1, 0.15) is 0 Å². The third-order valence-corrected chi connectivity index (χ3v) is 2.80. The van der Waals surface area contributed by atoms with Gasteiger partial charge in [0.05, 0.1) is 0 Å². The Morgan fingerprint density at radius 1 is 0.923 bits per heavy atom. The van der Waals surface area contributed by atoms with Gasteiger partial charge in [-0.05, 0) is 18.1 Å². The molecule has 0 fully saturated rings. The van der Waals surface area contributed by atoms with Crippen molar-refractivity contribution in [3.63, 3.8) is 0 Å². The summed E-state index contributed by atoms with van der Waals surface area (Å²) in [4.78, 5) is 0. The van der Waals surface area contributed by atoms with Gasteiger partial charge in [-0.3, -0.25) is 0 Å². The van der Waals surface area contributed by atoms with E-state index >= 15 is 0 Å². The first-order chi connectivity index (χ1) is 6.26. The number of rotatable bonds is 2. The third kappa shape index (κ3) is 4.82. The zero-order chi connectivity index (χ0) is 10.3. The van der Waals surface area contributed by atoms with Crippen molar-refractivity contribution >= 4 is 31.9 Å². The quantitative estimate of drug-likeness (QED) is 0.688. The van der Waals surface area contributed by atoms with Gasteiger partial charge < -0.3 is 0 Å². The summed E-state index contributed by atoms with van der Waals surface area (Å²) in [6, 6.07) is 6.60. The van der Waals surface area contributed by atoms with E-state index in [9.17, 15) is 0 Å². The summed E-state index contributed by atoms with van der Waals surface area (Å²) in [6.07, 6.45) is 0. The molecule has 0 aliphatic rings. The second-order valence-electron chi connectivity index (χ2n) is 2.59. The molecule has 0 saturated heterocycles. The maximum atomic E-state index is 3.44. The molecule has 0 atom stereocenters. The fourth-order valence-corrected chi connectivity index (χ4v) is 1.75. The lowest BCUT2D eigenvalue weighted by molar-refractivity contribution is 1.30. The van der Waals surface area contributed by atoms with Crippen LogP contribution in [0.3, 0.4) is 0 Å². The Morgan fingerprint density at radius 3 is 1.62 bits per heavy atom. The van der Waals surface area contributed by atoms with E-state index in [1.165, 1.54) is 16.7 Å². The van der Waals surface area contributed by atoms with Crippen LogP contribution in [0, 0.1) is 6.92 Å². The van der Waals surface area contributed by atoms with Crippen molar-refractivity contribution in [3.8, 4) is 0 Å². The molecule has 1 aromatic rings. The predicted octanol–water partition coefficient (Wildman–Crippen LogP) is 4.81.